The lowest BCUT2D eigenvalue weighted by Gasteiger charge is -2.07. The van der Waals surface area contributed by atoms with Gasteiger partial charge in [-0.2, -0.15) is 0 Å². The first-order valence-electron chi connectivity index (χ1n) is 4.60. The highest BCUT2D eigenvalue weighted by atomic mass is 35.5. The number of phenolic OH excluding ortho intramolecular Hbond substituents is 1. The maximum Gasteiger partial charge on any atom is 0.258 e. The molecule has 0 fully saturated rings. The number of ether oxygens (including phenoxy) is 1. The van der Waals surface area contributed by atoms with Crippen LogP contribution in [0.2, 0.25) is 0 Å². The molecular formula is C11H12ClNO3. The average molecular weight is 242 g/mol. The molecule has 0 heterocycles. The van der Waals surface area contributed by atoms with Gasteiger partial charge in [0.1, 0.15) is 0 Å². The van der Waals surface area contributed by atoms with E-state index >= 15 is 0 Å². The summed E-state index contributed by atoms with van der Waals surface area (Å²) in [6, 6.07) is 6.42. The molecule has 0 saturated heterocycles. The number of carbonyl (C=O) groups excluding carboxylic acids is 1. The summed E-state index contributed by atoms with van der Waals surface area (Å²) in [4.78, 5) is 11.2. The zero-order chi connectivity index (χ0) is 12.0. The molecular weight excluding hydrogens is 230 g/mol. The molecule has 1 rings (SSSR count). The summed E-state index contributed by atoms with van der Waals surface area (Å²) in [5, 5.41) is 12.2. The maximum absolute atomic E-state index is 11.2. The number of nitrogens with one attached hydrogen (secondary N) is 1. The molecule has 0 radical (unpaired) electrons. The quantitative estimate of drug-likeness (QED) is 0.824. The second-order valence-electron chi connectivity index (χ2n) is 3.05. The normalized spacial score (nSPS) is 9.56. The maximum atomic E-state index is 11.2. The van der Waals surface area contributed by atoms with Gasteiger partial charge < -0.3 is 15.2 Å². The van der Waals surface area contributed by atoms with E-state index in [2.05, 4.69) is 11.9 Å². The van der Waals surface area contributed by atoms with E-state index < -0.39 is 0 Å². The third-order valence-electron chi connectivity index (χ3n) is 1.70. The number of benzene rings is 1. The Hall–Kier alpha value is -1.68. The molecule has 2 N–H and O–H groups in total. The highest BCUT2D eigenvalue weighted by Gasteiger charge is 2.05. The first-order chi connectivity index (χ1) is 7.59. The van der Waals surface area contributed by atoms with E-state index in [-0.39, 0.29) is 30.6 Å². The van der Waals surface area contributed by atoms with Gasteiger partial charge in [-0.15, -0.1) is 0 Å². The van der Waals surface area contributed by atoms with Crippen LogP contribution in [0, 0.1) is 0 Å². The van der Waals surface area contributed by atoms with Crippen LogP contribution in [0.4, 0.5) is 0 Å². The van der Waals surface area contributed by atoms with Gasteiger partial charge in [-0.05, 0) is 12.1 Å². The Morgan fingerprint density at radius 2 is 2.19 bits per heavy atom. The number of hydrogen-bond donors (Lipinski definition) is 2. The molecule has 86 valence electrons. The van der Waals surface area contributed by atoms with Crippen molar-refractivity contribution in [2.45, 2.75) is 0 Å². The minimum Gasteiger partial charge on any atom is -0.504 e. The first kappa shape index (κ1) is 12.4. The van der Waals surface area contributed by atoms with Gasteiger partial charge in [0.2, 0.25) is 0 Å². The fourth-order valence-electron chi connectivity index (χ4n) is 0.968. The number of phenols is 1. The van der Waals surface area contributed by atoms with E-state index in [4.69, 9.17) is 16.3 Å². The van der Waals surface area contributed by atoms with Gasteiger partial charge in [0.25, 0.3) is 5.91 Å². The molecule has 1 aromatic rings. The van der Waals surface area contributed by atoms with Crippen LogP contribution in [0.25, 0.3) is 0 Å². The van der Waals surface area contributed by atoms with Crippen LogP contribution in [-0.4, -0.2) is 24.2 Å². The Morgan fingerprint density at radius 3 is 2.81 bits per heavy atom. The smallest absolute Gasteiger partial charge is 0.258 e. The van der Waals surface area contributed by atoms with Crippen LogP contribution in [0.3, 0.4) is 0 Å². The highest BCUT2D eigenvalue weighted by molar-refractivity contribution is 6.29. The van der Waals surface area contributed by atoms with Crippen LogP contribution < -0.4 is 10.1 Å². The predicted octanol–water partition coefficient (Wildman–Crippen LogP) is 1.64. The zero-order valence-corrected chi connectivity index (χ0v) is 9.33. The van der Waals surface area contributed by atoms with Gasteiger partial charge in [0, 0.05) is 5.03 Å². The number of aromatic hydroxyl groups is 1. The van der Waals surface area contributed by atoms with E-state index in [0.717, 1.165) is 0 Å². The second-order valence-corrected chi connectivity index (χ2v) is 3.58. The van der Waals surface area contributed by atoms with Gasteiger partial charge in [-0.25, -0.2) is 0 Å². The Bertz CT molecular complexity index is 393. The van der Waals surface area contributed by atoms with Gasteiger partial charge in [-0.1, -0.05) is 30.3 Å². The average Bonchev–Trinajstić information content (AvgIpc) is 2.25. The molecule has 1 aromatic carbocycles. The molecule has 0 aliphatic carbocycles. The number of amides is 1. The van der Waals surface area contributed by atoms with Crippen molar-refractivity contribution in [2.75, 3.05) is 13.2 Å². The molecule has 4 nitrogen and oxygen atoms in total. The Labute approximate surface area is 98.5 Å². The second kappa shape index (κ2) is 6.02. The van der Waals surface area contributed by atoms with E-state index in [1.54, 1.807) is 18.2 Å². The van der Waals surface area contributed by atoms with Gasteiger partial charge in [0.05, 0.1) is 6.54 Å². The van der Waals surface area contributed by atoms with Gasteiger partial charge in [-0.3, -0.25) is 4.79 Å². The summed E-state index contributed by atoms with van der Waals surface area (Å²) in [7, 11) is 0. The third-order valence-corrected chi connectivity index (χ3v) is 1.84. The SMILES string of the molecule is C=C(Cl)CNC(=O)COc1ccccc1O. The molecule has 16 heavy (non-hydrogen) atoms. The molecule has 0 aliphatic rings. The van der Waals surface area contributed by atoms with E-state index in [1.807, 2.05) is 0 Å². The van der Waals surface area contributed by atoms with E-state index in [1.165, 1.54) is 6.07 Å². The van der Waals surface area contributed by atoms with Crippen molar-refractivity contribution in [3.63, 3.8) is 0 Å². The van der Waals surface area contributed by atoms with Crippen LogP contribution >= 0.6 is 11.6 Å². The van der Waals surface area contributed by atoms with Crippen molar-refractivity contribution < 1.29 is 14.6 Å². The van der Waals surface area contributed by atoms with Crippen molar-refractivity contribution in [1.82, 2.24) is 5.32 Å². The standard InChI is InChI=1S/C11H12ClNO3/c1-8(12)6-13-11(15)7-16-10-5-3-2-4-9(10)14/h2-5,14H,1,6-7H2,(H,13,15). The topological polar surface area (TPSA) is 58.6 Å². The number of halogens is 1. The molecule has 0 aromatic heterocycles. The van der Waals surface area contributed by atoms with E-state index in [0.29, 0.717) is 5.03 Å². The van der Waals surface area contributed by atoms with Crippen molar-refractivity contribution in [3.8, 4) is 11.5 Å². The van der Waals surface area contributed by atoms with Crippen LogP contribution in [-0.2, 0) is 4.79 Å². The van der Waals surface area contributed by atoms with Crippen LogP contribution in [0.5, 0.6) is 11.5 Å². The molecule has 0 saturated carbocycles. The first-order valence-corrected chi connectivity index (χ1v) is 4.98. The van der Waals surface area contributed by atoms with Crippen molar-refractivity contribution in [2.24, 2.45) is 0 Å². The minimum atomic E-state index is -0.329. The fraction of sp³-hybridized carbons (Fsp3) is 0.182. The van der Waals surface area contributed by atoms with Crippen molar-refractivity contribution >= 4 is 17.5 Å². The number of rotatable bonds is 5. The lowest BCUT2D eigenvalue weighted by Crippen LogP contribution is -2.29. The summed E-state index contributed by atoms with van der Waals surface area (Å²) in [6.07, 6.45) is 0. The molecule has 0 atom stereocenters. The molecule has 0 aliphatic heterocycles. The number of para-hydroxylation sites is 2. The molecule has 5 heteroatoms. The summed E-state index contributed by atoms with van der Waals surface area (Å²) in [5.74, 6) is -0.0653. The summed E-state index contributed by atoms with van der Waals surface area (Å²) in [6.45, 7) is 3.45. The summed E-state index contributed by atoms with van der Waals surface area (Å²) >= 11 is 5.47. The Balaban J connectivity index is 2.37. The number of carbonyl (C=O) groups is 1. The monoisotopic (exact) mass is 241 g/mol. The van der Waals surface area contributed by atoms with Gasteiger partial charge in [0.15, 0.2) is 18.1 Å². The van der Waals surface area contributed by atoms with Gasteiger partial charge >= 0.3 is 0 Å². The van der Waals surface area contributed by atoms with Crippen molar-refractivity contribution in [3.05, 3.63) is 35.9 Å². The summed E-state index contributed by atoms with van der Waals surface area (Å²) < 4.78 is 5.10. The number of hydrogen-bond acceptors (Lipinski definition) is 3. The predicted molar refractivity (Wildman–Crippen MR) is 61.6 cm³/mol. The van der Waals surface area contributed by atoms with Crippen LogP contribution in [0.1, 0.15) is 0 Å². The Morgan fingerprint density at radius 1 is 1.50 bits per heavy atom. The largest absolute Gasteiger partial charge is 0.504 e. The minimum absolute atomic E-state index is 0.00273. The molecule has 1 amide bonds. The lowest BCUT2D eigenvalue weighted by atomic mass is 10.3. The molecule has 0 unspecified atom stereocenters. The Kier molecular flexibility index (Phi) is 4.66. The van der Waals surface area contributed by atoms with Crippen LogP contribution in [0.15, 0.2) is 35.9 Å². The van der Waals surface area contributed by atoms with E-state index in [9.17, 15) is 9.90 Å². The zero-order valence-electron chi connectivity index (χ0n) is 8.57. The molecule has 0 bridgehead atoms. The lowest BCUT2D eigenvalue weighted by molar-refractivity contribution is -0.122. The fourth-order valence-corrected chi connectivity index (χ4v) is 1.03. The van der Waals surface area contributed by atoms with Crippen molar-refractivity contribution in [1.29, 1.82) is 0 Å². The molecule has 0 spiro atoms. The summed E-state index contributed by atoms with van der Waals surface area (Å²) in [5.41, 5.74) is 0. The third kappa shape index (κ3) is 4.23. The highest BCUT2D eigenvalue weighted by Crippen LogP contribution is 2.23.